The molecule has 214 valence electrons. The van der Waals surface area contributed by atoms with E-state index >= 15 is 0 Å². The average Bonchev–Trinajstić information content (AvgIpc) is 2.92. The molecular weight excluding hydrogens is 542 g/mol. The van der Waals surface area contributed by atoms with Crippen molar-refractivity contribution in [1.29, 1.82) is 0 Å². The van der Waals surface area contributed by atoms with Gasteiger partial charge in [-0.3, -0.25) is 14.0 Å². The Balaban J connectivity index is 0.00000178. The third-order valence-electron chi connectivity index (χ3n) is 6.26. The second kappa shape index (κ2) is 16.1. The van der Waals surface area contributed by atoms with Crippen molar-refractivity contribution in [3.63, 3.8) is 0 Å². The lowest BCUT2D eigenvalue weighted by Crippen LogP contribution is -2.51. The predicted octanol–water partition coefficient (Wildman–Crippen LogP) is 6.19. The van der Waals surface area contributed by atoms with Crippen LogP contribution in [0.1, 0.15) is 38.8 Å². The number of sulfonamides is 1. The summed E-state index contributed by atoms with van der Waals surface area (Å²) in [5, 5.41) is 0.445. The lowest BCUT2D eigenvalue weighted by Gasteiger charge is -2.36. The van der Waals surface area contributed by atoms with E-state index in [-0.39, 0.29) is 17.4 Å². The molecule has 6 nitrogen and oxygen atoms in total. The standard InChI is InChI=1S/C29H36ClN3O3S.C3H4/c1-5-10-26(16-15-23(2)3)37(35,36)33(28-14-9-13-27(30)24(28)4)22-29(34)32-19-17-31(18-20-32)21-25-11-7-6-8-12-25;1-3-2/h5-16H,17-22H2,1-4H3;1H,2H3/b10-5-,26-16+;. The molecule has 8 heteroatoms. The summed E-state index contributed by atoms with van der Waals surface area (Å²) in [5.41, 5.74) is 3.20. The molecule has 0 atom stereocenters. The predicted molar refractivity (Wildman–Crippen MR) is 168 cm³/mol. The van der Waals surface area contributed by atoms with E-state index < -0.39 is 10.0 Å². The van der Waals surface area contributed by atoms with Crippen molar-refractivity contribution in [2.24, 2.45) is 0 Å². The van der Waals surface area contributed by atoms with Crippen molar-refractivity contribution in [1.82, 2.24) is 9.80 Å². The second-order valence-electron chi connectivity index (χ2n) is 9.64. The smallest absolute Gasteiger partial charge is 0.264 e. The Morgan fingerprint density at radius 1 is 1.05 bits per heavy atom. The Bertz CT molecular complexity index is 1360. The maximum absolute atomic E-state index is 13.9. The number of allylic oxidation sites excluding steroid dienone is 5. The monoisotopic (exact) mass is 581 g/mol. The summed E-state index contributed by atoms with van der Waals surface area (Å²) in [7, 11) is -4.05. The van der Waals surface area contributed by atoms with E-state index in [0.717, 1.165) is 25.2 Å². The molecule has 1 aliphatic heterocycles. The summed E-state index contributed by atoms with van der Waals surface area (Å²) in [6.07, 6.45) is 11.2. The Labute approximate surface area is 245 Å². The first kappa shape index (κ1) is 32.9. The quantitative estimate of drug-likeness (QED) is 0.261. The van der Waals surface area contributed by atoms with E-state index in [2.05, 4.69) is 29.4 Å². The zero-order valence-corrected chi connectivity index (χ0v) is 25.7. The molecule has 2 aromatic rings. The molecule has 3 rings (SSSR count). The SMILES string of the molecule is C#CC.C/C=C\C(=C/C=C(C)C)S(=O)(=O)N(CC(=O)N1CCN(Cc2ccccc2)CC1)c1cccc(Cl)c1C. The van der Waals surface area contributed by atoms with Crippen LogP contribution < -0.4 is 4.31 Å². The van der Waals surface area contributed by atoms with E-state index in [4.69, 9.17) is 11.6 Å². The third-order valence-corrected chi connectivity index (χ3v) is 8.44. The first-order chi connectivity index (χ1) is 19.0. The number of amides is 1. The van der Waals surface area contributed by atoms with Crippen molar-refractivity contribution in [2.45, 2.75) is 41.2 Å². The molecule has 1 fully saturated rings. The number of piperazine rings is 1. The van der Waals surface area contributed by atoms with Gasteiger partial charge in [0.1, 0.15) is 6.54 Å². The fraction of sp³-hybridized carbons (Fsp3) is 0.344. The molecule has 0 unspecified atom stereocenters. The second-order valence-corrected chi connectivity index (χ2v) is 11.9. The first-order valence-electron chi connectivity index (χ1n) is 13.2. The zero-order valence-electron chi connectivity index (χ0n) is 24.1. The Morgan fingerprint density at radius 3 is 2.25 bits per heavy atom. The van der Waals surface area contributed by atoms with Crippen LogP contribution >= 0.6 is 11.6 Å². The maximum atomic E-state index is 13.9. The van der Waals surface area contributed by atoms with E-state index in [1.165, 1.54) is 9.87 Å². The van der Waals surface area contributed by atoms with Gasteiger partial charge in [-0.2, -0.15) is 0 Å². The summed E-state index contributed by atoms with van der Waals surface area (Å²) in [5.74, 6) is 2.02. The maximum Gasteiger partial charge on any atom is 0.264 e. The topological polar surface area (TPSA) is 60.9 Å². The number of nitrogens with zero attached hydrogens (tertiary/aromatic N) is 3. The molecule has 1 saturated heterocycles. The normalized spacial score (nSPS) is 14.2. The van der Waals surface area contributed by atoms with Crippen LogP contribution in [0.5, 0.6) is 0 Å². The number of carbonyl (C=O) groups is 1. The zero-order chi connectivity index (χ0) is 29.7. The molecule has 0 aliphatic carbocycles. The Kier molecular flexibility index (Phi) is 13.2. The van der Waals surface area contributed by atoms with Gasteiger partial charge in [-0.25, -0.2) is 8.42 Å². The molecule has 0 spiro atoms. The van der Waals surface area contributed by atoms with Crippen LogP contribution in [-0.2, 0) is 21.4 Å². The van der Waals surface area contributed by atoms with Crippen molar-refractivity contribution < 1.29 is 13.2 Å². The first-order valence-corrected chi connectivity index (χ1v) is 15.0. The molecule has 2 aromatic carbocycles. The van der Waals surface area contributed by atoms with Crippen LogP contribution in [0.3, 0.4) is 0 Å². The number of rotatable bonds is 9. The fourth-order valence-corrected chi connectivity index (χ4v) is 5.86. The van der Waals surface area contributed by atoms with Gasteiger partial charge in [0.2, 0.25) is 5.91 Å². The number of hydrogen-bond acceptors (Lipinski definition) is 4. The van der Waals surface area contributed by atoms with Gasteiger partial charge >= 0.3 is 0 Å². The van der Waals surface area contributed by atoms with Gasteiger partial charge in [-0.1, -0.05) is 65.7 Å². The highest BCUT2D eigenvalue weighted by molar-refractivity contribution is 7.96. The van der Waals surface area contributed by atoms with E-state index in [1.54, 1.807) is 68.2 Å². The minimum Gasteiger partial charge on any atom is -0.339 e. The largest absolute Gasteiger partial charge is 0.339 e. The number of halogens is 1. The van der Waals surface area contributed by atoms with Crippen molar-refractivity contribution in [2.75, 3.05) is 37.0 Å². The highest BCUT2D eigenvalue weighted by atomic mass is 35.5. The number of terminal acetylenes is 1. The van der Waals surface area contributed by atoms with Crippen LogP contribution in [0, 0.1) is 19.3 Å². The minimum atomic E-state index is -4.05. The molecule has 0 N–H and O–H groups in total. The summed E-state index contributed by atoms with van der Waals surface area (Å²) < 4.78 is 29.0. The number of hydrogen-bond donors (Lipinski definition) is 0. The Hall–Kier alpha value is -3.31. The van der Waals surface area contributed by atoms with Gasteiger partial charge in [-0.15, -0.1) is 12.3 Å². The van der Waals surface area contributed by atoms with E-state index in [1.807, 2.05) is 32.0 Å². The van der Waals surface area contributed by atoms with Gasteiger partial charge < -0.3 is 4.90 Å². The summed E-state index contributed by atoms with van der Waals surface area (Å²) in [4.78, 5) is 17.6. The Morgan fingerprint density at radius 2 is 1.68 bits per heavy atom. The van der Waals surface area contributed by atoms with Gasteiger partial charge in [0.05, 0.1) is 10.6 Å². The molecule has 1 aliphatic rings. The summed E-state index contributed by atoms with van der Waals surface area (Å²) in [6, 6.07) is 15.3. The van der Waals surface area contributed by atoms with Crippen molar-refractivity contribution in [3.05, 3.63) is 99.5 Å². The summed E-state index contributed by atoms with van der Waals surface area (Å²) in [6.45, 7) is 12.1. The molecular formula is C32H40ClN3O3S. The van der Waals surface area contributed by atoms with Crippen molar-refractivity contribution >= 4 is 33.2 Å². The van der Waals surface area contributed by atoms with Gasteiger partial charge in [0, 0.05) is 37.7 Å². The number of anilines is 1. The highest BCUT2D eigenvalue weighted by Crippen LogP contribution is 2.31. The molecule has 1 heterocycles. The van der Waals surface area contributed by atoms with Gasteiger partial charge in [0.15, 0.2) is 0 Å². The number of carbonyl (C=O) groups excluding carboxylic acids is 1. The van der Waals surface area contributed by atoms with Crippen LogP contribution in [0.2, 0.25) is 5.02 Å². The van der Waals surface area contributed by atoms with Crippen molar-refractivity contribution in [3.8, 4) is 12.3 Å². The third kappa shape index (κ3) is 9.41. The van der Waals surface area contributed by atoms with Crippen LogP contribution in [-0.4, -0.2) is 56.8 Å². The van der Waals surface area contributed by atoms with E-state index in [0.29, 0.717) is 29.4 Å². The fourth-order valence-electron chi connectivity index (χ4n) is 4.15. The van der Waals surface area contributed by atoms with Gasteiger partial charge in [0.25, 0.3) is 10.0 Å². The molecule has 0 aromatic heterocycles. The lowest BCUT2D eigenvalue weighted by atomic mass is 10.2. The van der Waals surface area contributed by atoms with Crippen LogP contribution in [0.4, 0.5) is 5.69 Å². The number of benzene rings is 2. The molecule has 0 bridgehead atoms. The summed E-state index contributed by atoms with van der Waals surface area (Å²) >= 11 is 6.36. The minimum absolute atomic E-state index is 0.107. The average molecular weight is 582 g/mol. The van der Waals surface area contributed by atoms with Crippen LogP contribution in [0.25, 0.3) is 0 Å². The lowest BCUT2D eigenvalue weighted by molar-refractivity contribution is -0.131. The van der Waals surface area contributed by atoms with Crippen LogP contribution in [0.15, 0.2) is 83.3 Å². The van der Waals surface area contributed by atoms with E-state index in [9.17, 15) is 13.2 Å². The molecule has 0 radical (unpaired) electrons. The van der Waals surface area contributed by atoms with Gasteiger partial charge in [-0.05, 0) is 70.0 Å². The molecule has 1 amide bonds. The molecule has 40 heavy (non-hydrogen) atoms. The highest BCUT2D eigenvalue weighted by Gasteiger charge is 2.31. The molecule has 0 saturated carbocycles.